The average molecular weight is 218 g/mol. The van der Waals surface area contributed by atoms with Gasteiger partial charge >= 0.3 is 0 Å². The van der Waals surface area contributed by atoms with Gasteiger partial charge in [0.25, 0.3) is 5.91 Å². The molecule has 2 rings (SSSR count). The van der Waals surface area contributed by atoms with E-state index in [9.17, 15) is 4.79 Å². The van der Waals surface area contributed by atoms with Crippen molar-refractivity contribution in [3.8, 4) is 0 Å². The highest BCUT2D eigenvalue weighted by Gasteiger charge is 2.08. The monoisotopic (exact) mass is 218 g/mol. The predicted molar refractivity (Wildman–Crippen MR) is 61.1 cm³/mol. The number of amides is 1. The van der Waals surface area contributed by atoms with Gasteiger partial charge in [0, 0.05) is 12.0 Å². The molecule has 0 radical (unpaired) electrons. The van der Waals surface area contributed by atoms with Crippen LogP contribution < -0.4 is 5.43 Å². The number of ether oxygens (including phenoxy) is 1. The molecule has 1 aromatic rings. The van der Waals surface area contributed by atoms with Crippen molar-refractivity contribution in [2.45, 2.75) is 19.3 Å². The van der Waals surface area contributed by atoms with Gasteiger partial charge in [-0.1, -0.05) is 18.2 Å². The van der Waals surface area contributed by atoms with Crippen molar-refractivity contribution in [1.29, 1.82) is 0 Å². The quantitative estimate of drug-likeness (QED) is 0.771. The van der Waals surface area contributed by atoms with Gasteiger partial charge in [0.1, 0.15) is 0 Å². The molecule has 0 bridgehead atoms. The first-order valence-corrected chi connectivity index (χ1v) is 5.41. The van der Waals surface area contributed by atoms with Crippen molar-refractivity contribution in [3.05, 3.63) is 35.9 Å². The predicted octanol–water partition coefficient (Wildman–Crippen LogP) is 1.93. The molecule has 0 saturated carbocycles. The van der Waals surface area contributed by atoms with Crippen LogP contribution in [0.5, 0.6) is 0 Å². The number of carbonyl (C=O) groups is 1. The highest BCUT2D eigenvalue weighted by atomic mass is 16.5. The van der Waals surface area contributed by atoms with Crippen LogP contribution in [0, 0.1) is 0 Å². The lowest BCUT2D eigenvalue weighted by atomic mass is 10.2. The molecule has 0 unspecified atom stereocenters. The zero-order chi connectivity index (χ0) is 11.2. The van der Waals surface area contributed by atoms with Crippen molar-refractivity contribution in [2.24, 2.45) is 5.10 Å². The third-order valence-electron chi connectivity index (χ3n) is 2.37. The third-order valence-corrected chi connectivity index (χ3v) is 2.37. The first-order chi connectivity index (χ1) is 7.86. The van der Waals surface area contributed by atoms with E-state index in [-0.39, 0.29) is 5.91 Å². The van der Waals surface area contributed by atoms with Crippen LogP contribution in [0.15, 0.2) is 35.4 Å². The van der Waals surface area contributed by atoms with Gasteiger partial charge in [-0.2, -0.15) is 0 Å². The molecule has 1 aromatic carbocycles. The summed E-state index contributed by atoms with van der Waals surface area (Å²) in [6.07, 6.45) is 2.93. The van der Waals surface area contributed by atoms with Crippen molar-refractivity contribution in [1.82, 2.24) is 5.43 Å². The number of hydrogen-bond donors (Lipinski definition) is 1. The van der Waals surface area contributed by atoms with Crippen LogP contribution in [0.4, 0.5) is 0 Å². The summed E-state index contributed by atoms with van der Waals surface area (Å²) in [5, 5.41) is 3.95. The van der Waals surface area contributed by atoms with E-state index in [1.54, 1.807) is 12.1 Å². The molecule has 0 spiro atoms. The van der Waals surface area contributed by atoms with Crippen LogP contribution in [0.1, 0.15) is 29.6 Å². The smallest absolute Gasteiger partial charge is 0.271 e. The Morgan fingerprint density at radius 3 is 2.75 bits per heavy atom. The van der Waals surface area contributed by atoms with E-state index in [1.807, 2.05) is 18.2 Å². The van der Waals surface area contributed by atoms with E-state index in [0.717, 1.165) is 19.3 Å². The lowest BCUT2D eigenvalue weighted by Gasteiger charge is -2.13. The molecular weight excluding hydrogens is 204 g/mol. The summed E-state index contributed by atoms with van der Waals surface area (Å²) in [5.41, 5.74) is 3.09. The molecule has 16 heavy (non-hydrogen) atoms. The van der Waals surface area contributed by atoms with E-state index in [2.05, 4.69) is 10.5 Å². The summed E-state index contributed by atoms with van der Waals surface area (Å²) >= 11 is 0. The molecule has 84 valence electrons. The minimum atomic E-state index is -0.206. The van der Waals surface area contributed by atoms with Crippen molar-refractivity contribution < 1.29 is 9.53 Å². The maximum absolute atomic E-state index is 11.6. The Labute approximate surface area is 94.3 Å². The number of carbonyl (C=O) groups excluding carboxylic acids is 1. The molecule has 1 saturated heterocycles. The van der Waals surface area contributed by atoms with Crippen LogP contribution in [-0.4, -0.2) is 18.4 Å². The second-order valence-electron chi connectivity index (χ2n) is 3.62. The van der Waals surface area contributed by atoms with Crippen LogP contribution in [0.2, 0.25) is 0 Å². The molecule has 1 aliphatic heterocycles. The van der Waals surface area contributed by atoms with E-state index in [0.29, 0.717) is 18.1 Å². The largest absolute Gasteiger partial charge is 0.480 e. The minimum Gasteiger partial charge on any atom is -0.480 e. The summed E-state index contributed by atoms with van der Waals surface area (Å²) in [5.74, 6) is 0.415. The average Bonchev–Trinajstić information content (AvgIpc) is 2.38. The van der Waals surface area contributed by atoms with Crippen LogP contribution in [0.25, 0.3) is 0 Å². The molecular formula is C12H14N2O2. The van der Waals surface area contributed by atoms with Gasteiger partial charge in [0.15, 0.2) is 0 Å². The van der Waals surface area contributed by atoms with Crippen LogP contribution in [0.3, 0.4) is 0 Å². The van der Waals surface area contributed by atoms with Gasteiger partial charge < -0.3 is 4.74 Å². The van der Waals surface area contributed by atoms with Crippen molar-refractivity contribution in [2.75, 3.05) is 6.61 Å². The van der Waals surface area contributed by atoms with Crippen molar-refractivity contribution in [3.63, 3.8) is 0 Å². The summed E-state index contributed by atoms with van der Waals surface area (Å²) < 4.78 is 5.30. The van der Waals surface area contributed by atoms with Crippen LogP contribution >= 0.6 is 0 Å². The molecule has 1 fully saturated rings. The zero-order valence-electron chi connectivity index (χ0n) is 8.98. The topological polar surface area (TPSA) is 50.7 Å². The number of hydrogen-bond acceptors (Lipinski definition) is 3. The number of nitrogens with zero attached hydrogens (tertiary/aromatic N) is 1. The highest BCUT2D eigenvalue weighted by molar-refractivity contribution is 5.94. The van der Waals surface area contributed by atoms with Crippen molar-refractivity contribution >= 4 is 11.8 Å². The first kappa shape index (κ1) is 10.7. The van der Waals surface area contributed by atoms with Gasteiger partial charge in [0.2, 0.25) is 5.90 Å². The normalized spacial score (nSPS) is 17.9. The van der Waals surface area contributed by atoms with Gasteiger partial charge in [-0.25, -0.2) is 5.43 Å². The molecule has 0 aliphatic carbocycles. The van der Waals surface area contributed by atoms with Gasteiger partial charge in [-0.05, 0) is 25.0 Å². The minimum absolute atomic E-state index is 0.206. The number of benzene rings is 1. The fourth-order valence-electron chi connectivity index (χ4n) is 1.50. The second kappa shape index (κ2) is 5.30. The summed E-state index contributed by atoms with van der Waals surface area (Å²) in [6.45, 7) is 0.694. The molecule has 1 N–H and O–H groups in total. The maximum Gasteiger partial charge on any atom is 0.271 e. The molecule has 0 aromatic heterocycles. The van der Waals surface area contributed by atoms with Crippen LogP contribution in [-0.2, 0) is 4.74 Å². The fraction of sp³-hybridized carbons (Fsp3) is 0.333. The number of hydrazone groups is 1. The standard InChI is InChI=1S/C12H14N2O2/c15-12(10-6-2-1-3-7-10)14-13-11-8-4-5-9-16-11/h1-3,6-7H,4-5,8-9H2,(H,14,15)/b13-11+. The molecule has 4 nitrogen and oxygen atoms in total. The Morgan fingerprint density at radius 1 is 1.25 bits per heavy atom. The SMILES string of the molecule is O=C(N/N=C1\CCCCO1)c1ccccc1. The first-order valence-electron chi connectivity index (χ1n) is 5.41. The Hall–Kier alpha value is -1.84. The van der Waals surface area contributed by atoms with E-state index in [4.69, 9.17) is 4.74 Å². The lowest BCUT2D eigenvalue weighted by Crippen LogP contribution is -2.22. The molecule has 1 amide bonds. The molecule has 1 heterocycles. The Balaban J connectivity index is 1.92. The molecule has 4 heteroatoms. The third kappa shape index (κ3) is 2.82. The Bertz CT molecular complexity index is 379. The lowest BCUT2D eigenvalue weighted by molar-refractivity contribution is 0.0952. The van der Waals surface area contributed by atoms with Gasteiger partial charge in [-0.3, -0.25) is 4.79 Å². The van der Waals surface area contributed by atoms with E-state index in [1.165, 1.54) is 0 Å². The van der Waals surface area contributed by atoms with E-state index >= 15 is 0 Å². The summed E-state index contributed by atoms with van der Waals surface area (Å²) in [7, 11) is 0. The highest BCUT2D eigenvalue weighted by Crippen LogP contribution is 2.07. The summed E-state index contributed by atoms with van der Waals surface area (Å²) in [6, 6.07) is 9.00. The van der Waals surface area contributed by atoms with Gasteiger partial charge in [0.05, 0.1) is 6.61 Å². The fourth-order valence-corrected chi connectivity index (χ4v) is 1.50. The molecule has 1 aliphatic rings. The Morgan fingerprint density at radius 2 is 2.06 bits per heavy atom. The van der Waals surface area contributed by atoms with Gasteiger partial charge in [-0.15, -0.1) is 5.10 Å². The summed E-state index contributed by atoms with van der Waals surface area (Å²) in [4.78, 5) is 11.6. The van der Waals surface area contributed by atoms with E-state index < -0.39 is 0 Å². The number of nitrogens with one attached hydrogen (secondary N) is 1. The number of rotatable bonds is 2. The Kier molecular flexibility index (Phi) is 3.53. The zero-order valence-corrected chi connectivity index (χ0v) is 8.98. The maximum atomic E-state index is 11.6. The second-order valence-corrected chi connectivity index (χ2v) is 3.62. The molecule has 0 atom stereocenters.